The molecule has 0 aromatic heterocycles. The van der Waals surface area contributed by atoms with Crippen LogP contribution in [0.2, 0.25) is 0 Å². The first kappa shape index (κ1) is 14.9. The molecule has 4 aliphatic rings. The molecule has 3 unspecified atom stereocenters. The number of primary amides is 1. The van der Waals surface area contributed by atoms with Crippen LogP contribution in [0, 0.1) is 17.3 Å². The van der Waals surface area contributed by atoms with Crippen LogP contribution in [0.15, 0.2) is 35.9 Å². The molecule has 23 heavy (non-hydrogen) atoms. The Hall–Kier alpha value is -1.61. The summed E-state index contributed by atoms with van der Waals surface area (Å²) in [6.07, 6.45) is 5.96. The van der Waals surface area contributed by atoms with Gasteiger partial charge < -0.3 is 5.73 Å². The zero-order valence-electron chi connectivity index (χ0n) is 14.1. The molecular formula is C20H26N2O. The Labute approximate surface area is 138 Å². The smallest absolute Gasteiger partial charge is 0.239 e. The standard InChI is InChI=1S/C20H26N2O/c1-20(2)15-8-7-14(17(20)11-15)12-22-10-9-13-5-3-4-6-16(13)18(22)19(21)23/h3-7,15,17-18H,8-12H2,1-2H3,(H2,21,23). The largest absolute Gasteiger partial charge is 0.368 e. The van der Waals surface area contributed by atoms with E-state index in [-0.39, 0.29) is 11.9 Å². The van der Waals surface area contributed by atoms with E-state index in [1.165, 1.54) is 24.0 Å². The van der Waals surface area contributed by atoms with E-state index in [1.54, 1.807) is 0 Å². The fourth-order valence-electron chi connectivity index (χ4n) is 5.01. The van der Waals surface area contributed by atoms with E-state index in [0.29, 0.717) is 11.3 Å². The molecule has 1 aromatic rings. The van der Waals surface area contributed by atoms with Crippen LogP contribution in [0.4, 0.5) is 0 Å². The maximum Gasteiger partial charge on any atom is 0.239 e. The van der Waals surface area contributed by atoms with E-state index < -0.39 is 0 Å². The highest BCUT2D eigenvalue weighted by Crippen LogP contribution is 2.59. The predicted molar refractivity (Wildman–Crippen MR) is 91.7 cm³/mol. The Morgan fingerprint density at radius 3 is 2.83 bits per heavy atom. The first-order valence-corrected chi connectivity index (χ1v) is 8.78. The lowest BCUT2D eigenvalue weighted by atomic mass is 9.49. The van der Waals surface area contributed by atoms with Gasteiger partial charge in [-0.15, -0.1) is 0 Å². The zero-order chi connectivity index (χ0) is 16.2. The number of rotatable bonds is 3. The summed E-state index contributed by atoms with van der Waals surface area (Å²) < 4.78 is 0. The molecule has 1 fully saturated rings. The Morgan fingerprint density at radius 2 is 2.13 bits per heavy atom. The van der Waals surface area contributed by atoms with Crippen LogP contribution >= 0.6 is 0 Å². The molecule has 0 spiro atoms. The summed E-state index contributed by atoms with van der Waals surface area (Å²) in [4.78, 5) is 14.4. The van der Waals surface area contributed by atoms with E-state index in [1.807, 2.05) is 12.1 Å². The molecule has 3 aliphatic carbocycles. The number of carbonyl (C=O) groups excluding carboxylic acids is 1. The molecular weight excluding hydrogens is 284 g/mol. The van der Waals surface area contributed by atoms with Gasteiger partial charge in [-0.05, 0) is 47.6 Å². The van der Waals surface area contributed by atoms with Crippen molar-refractivity contribution in [2.45, 2.75) is 39.2 Å². The number of fused-ring (bicyclic) bond motifs is 2. The predicted octanol–water partition coefficient (Wildman–Crippen LogP) is 3.06. The van der Waals surface area contributed by atoms with Gasteiger partial charge in [-0.2, -0.15) is 0 Å². The number of amides is 1. The van der Waals surface area contributed by atoms with Crippen LogP contribution in [0.1, 0.15) is 43.9 Å². The minimum Gasteiger partial charge on any atom is -0.368 e. The summed E-state index contributed by atoms with van der Waals surface area (Å²) in [6, 6.07) is 7.98. The number of hydrogen-bond acceptors (Lipinski definition) is 2. The Morgan fingerprint density at radius 1 is 1.35 bits per heavy atom. The van der Waals surface area contributed by atoms with Crippen molar-refractivity contribution in [3.05, 3.63) is 47.0 Å². The molecule has 1 aliphatic heterocycles. The number of hydrogen-bond donors (Lipinski definition) is 1. The normalized spacial score (nSPS) is 31.7. The van der Waals surface area contributed by atoms with Gasteiger partial charge in [0, 0.05) is 13.1 Å². The fourth-order valence-corrected chi connectivity index (χ4v) is 5.01. The summed E-state index contributed by atoms with van der Waals surface area (Å²) in [6.45, 7) is 6.60. The second-order valence-corrected chi connectivity index (χ2v) is 8.05. The van der Waals surface area contributed by atoms with E-state index in [4.69, 9.17) is 5.73 Å². The van der Waals surface area contributed by atoms with Crippen LogP contribution in [-0.4, -0.2) is 23.9 Å². The zero-order valence-corrected chi connectivity index (χ0v) is 14.1. The molecule has 3 heteroatoms. The minimum atomic E-state index is -0.276. The quantitative estimate of drug-likeness (QED) is 0.872. The van der Waals surface area contributed by atoms with Gasteiger partial charge in [0.2, 0.25) is 5.91 Å². The molecule has 0 radical (unpaired) electrons. The van der Waals surface area contributed by atoms with Crippen molar-refractivity contribution in [1.29, 1.82) is 0 Å². The Balaban J connectivity index is 1.60. The molecule has 3 atom stereocenters. The van der Waals surface area contributed by atoms with Gasteiger partial charge >= 0.3 is 0 Å². The van der Waals surface area contributed by atoms with Crippen molar-refractivity contribution >= 4 is 5.91 Å². The molecule has 1 saturated carbocycles. The van der Waals surface area contributed by atoms with Gasteiger partial charge in [-0.25, -0.2) is 0 Å². The van der Waals surface area contributed by atoms with Gasteiger partial charge in [0.25, 0.3) is 0 Å². The molecule has 3 nitrogen and oxygen atoms in total. The van der Waals surface area contributed by atoms with Gasteiger partial charge in [-0.1, -0.05) is 49.8 Å². The van der Waals surface area contributed by atoms with Crippen molar-refractivity contribution in [3.63, 3.8) is 0 Å². The van der Waals surface area contributed by atoms with Crippen molar-refractivity contribution in [2.75, 3.05) is 13.1 Å². The van der Waals surface area contributed by atoms with Gasteiger partial charge in [-0.3, -0.25) is 9.69 Å². The topological polar surface area (TPSA) is 46.3 Å². The first-order chi connectivity index (χ1) is 11.0. The third-order valence-electron chi connectivity index (χ3n) is 6.62. The van der Waals surface area contributed by atoms with E-state index in [0.717, 1.165) is 31.0 Å². The summed E-state index contributed by atoms with van der Waals surface area (Å²) in [5, 5.41) is 0. The van der Waals surface area contributed by atoms with Crippen LogP contribution in [0.25, 0.3) is 0 Å². The summed E-state index contributed by atoms with van der Waals surface area (Å²) in [5.41, 5.74) is 10.1. The van der Waals surface area contributed by atoms with Crippen LogP contribution in [-0.2, 0) is 11.2 Å². The lowest BCUT2D eigenvalue weighted by Crippen LogP contribution is -2.51. The second kappa shape index (κ2) is 5.20. The third-order valence-corrected chi connectivity index (χ3v) is 6.62. The van der Waals surface area contributed by atoms with Crippen LogP contribution < -0.4 is 5.73 Å². The number of benzene rings is 1. The molecule has 1 amide bonds. The van der Waals surface area contributed by atoms with E-state index in [9.17, 15) is 4.79 Å². The number of carbonyl (C=O) groups is 1. The number of allylic oxidation sites excluding steroid dienone is 1. The maximum absolute atomic E-state index is 12.1. The molecule has 2 bridgehead atoms. The highest BCUT2D eigenvalue weighted by Gasteiger charge is 2.51. The van der Waals surface area contributed by atoms with Crippen LogP contribution in [0.5, 0.6) is 0 Å². The van der Waals surface area contributed by atoms with Crippen molar-refractivity contribution in [2.24, 2.45) is 23.0 Å². The van der Waals surface area contributed by atoms with Crippen molar-refractivity contribution in [1.82, 2.24) is 4.90 Å². The molecule has 5 rings (SSSR count). The van der Waals surface area contributed by atoms with Crippen LogP contribution in [0.3, 0.4) is 0 Å². The van der Waals surface area contributed by atoms with E-state index >= 15 is 0 Å². The fraction of sp³-hybridized carbons (Fsp3) is 0.550. The third kappa shape index (κ3) is 2.25. The highest BCUT2D eigenvalue weighted by molar-refractivity contribution is 5.82. The SMILES string of the molecule is CC1(C)C2CC=C(CN3CCc4ccccc4C3C(N)=O)C1C2. The average molecular weight is 310 g/mol. The maximum atomic E-state index is 12.1. The number of nitrogens with two attached hydrogens (primary N) is 1. The van der Waals surface area contributed by atoms with Gasteiger partial charge in [0.05, 0.1) is 0 Å². The molecule has 2 N–H and O–H groups in total. The molecule has 122 valence electrons. The first-order valence-electron chi connectivity index (χ1n) is 8.78. The van der Waals surface area contributed by atoms with Crippen molar-refractivity contribution < 1.29 is 4.79 Å². The lowest BCUT2D eigenvalue weighted by Gasteiger charge is -2.57. The monoisotopic (exact) mass is 310 g/mol. The Kier molecular flexibility index (Phi) is 3.38. The molecule has 0 saturated heterocycles. The van der Waals surface area contributed by atoms with E-state index in [2.05, 4.69) is 37.0 Å². The summed E-state index contributed by atoms with van der Waals surface area (Å²) >= 11 is 0. The average Bonchev–Trinajstić information content (AvgIpc) is 2.54. The van der Waals surface area contributed by atoms with Gasteiger partial charge in [0.15, 0.2) is 0 Å². The highest BCUT2D eigenvalue weighted by atomic mass is 16.1. The molecule has 1 heterocycles. The van der Waals surface area contributed by atoms with Crippen molar-refractivity contribution in [3.8, 4) is 0 Å². The summed E-state index contributed by atoms with van der Waals surface area (Å²) in [7, 11) is 0. The number of nitrogens with zero attached hydrogens (tertiary/aromatic N) is 1. The van der Waals surface area contributed by atoms with Gasteiger partial charge in [0.1, 0.15) is 6.04 Å². The molecule has 1 aromatic carbocycles. The lowest BCUT2D eigenvalue weighted by molar-refractivity contribution is -0.123. The minimum absolute atomic E-state index is 0.223. The summed E-state index contributed by atoms with van der Waals surface area (Å²) in [5.74, 6) is 1.32. The Bertz CT molecular complexity index is 676. The second-order valence-electron chi connectivity index (χ2n) is 8.05.